The summed E-state index contributed by atoms with van der Waals surface area (Å²) in [5.41, 5.74) is 0. The van der Waals surface area contributed by atoms with Crippen LogP contribution in [-0.4, -0.2) is 20.2 Å². The molecule has 18 heavy (non-hydrogen) atoms. The van der Waals surface area contributed by atoms with E-state index in [1.165, 1.54) is 12.8 Å². The molecule has 0 aromatic rings. The summed E-state index contributed by atoms with van der Waals surface area (Å²) in [6.07, 6.45) is 7.73. The van der Waals surface area contributed by atoms with Crippen LogP contribution in [-0.2, 0) is 10.0 Å². The predicted molar refractivity (Wildman–Crippen MR) is 77.0 cm³/mol. The molecule has 0 spiro atoms. The van der Waals surface area contributed by atoms with Crippen molar-refractivity contribution in [2.75, 3.05) is 5.75 Å². The van der Waals surface area contributed by atoms with Gasteiger partial charge in [-0.2, -0.15) is 0 Å². The van der Waals surface area contributed by atoms with Crippen molar-refractivity contribution in [2.45, 2.75) is 71.8 Å². The van der Waals surface area contributed by atoms with Gasteiger partial charge < -0.3 is 0 Å². The molecule has 0 aromatic carbocycles. The number of hydrogen-bond donors (Lipinski definition) is 1. The summed E-state index contributed by atoms with van der Waals surface area (Å²) in [6, 6.07) is 0.183. The van der Waals surface area contributed by atoms with Crippen molar-refractivity contribution in [3.8, 4) is 0 Å². The first-order valence-electron chi connectivity index (χ1n) is 7.48. The fourth-order valence-electron chi connectivity index (χ4n) is 3.08. The van der Waals surface area contributed by atoms with Gasteiger partial charge in [-0.1, -0.05) is 46.5 Å². The number of nitrogens with one attached hydrogen (secondary N) is 1. The van der Waals surface area contributed by atoms with Gasteiger partial charge >= 0.3 is 0 Å². The molecule has 1 rings (SSSR count). The monoisotopic (exact) mass is 275 g/mol. The molecule has 3 nitrogen and oxygen atoms in total. The Labute approximate surface area is 113 Å². The largest absolute Gasteiger partial charge is 0.212 e. The second-order valence-corrected chi connectivity index (χ2v) is 7.65. The van der Waals surface area contributed by atoms with Crippen molar-refractivity contribution in [1.29, 1.82) is 0 Å². The molecule has 0 aromatic heterocycles. The van der Waals surface area contributed by atoms with Crippen LogP contribution in [0.2, 0.25) is 0 Å². The van der Waals surface area contributed by atoms with E-state index < -0.39 is 10.0 Å². The first-order valence-corrected chi connectivity index (χ1v) is 9.13. The Bertz CT molecular complexity index is 327. The third-order valence-corrected chi connectivity index (χ3v) is 5.72. The first kappa shape index (κ1) is 16.0. The summed E-state index contributed by atoms with van der Waals surface area (Å²) in [4.78, 5) is 0. The number of sulfonamides is 1. The fourth-order valence-corrected chi connectivity index (χ4v) is 4.86. The summed E-state index contributed by atoms with van der Waals surface area (Å²) in [5, 5.41) is 0. The topological polar surface area (TPSA) is 46.2 Å². The molecular weight excluding hydrogens is 246 g/mol. The second-order valence-electron chi connectivity index (χ2n) is 5.85. The van der Waals surface area contributed by atoms with E-state index in [0.717, 1.165) is 32.1 Å². The third-order valence-electron chi connectivity index (χ3n) is 4.05. The summed E-state index contributed by atoms with van der Waals surface area (Å²) in [7, 11) is -3.10. The Morgan fingerprint density at radius 2 is 1.89 bits per heavy atom. The lowest BCUT2D eigenvalue weighted by atomic mass is 9.83. The highest BCUT2D eigenvalue weighted by Gasteiger charge is 2.28. The summed E-state index contributed by atoms with van der Waals surface area (Å²) < 4.78 is 27.2. The summed E-state index contributed by atoms with van der Waals surface area (Å²) in [5.74, 6) is 1.08. The van der Waals surface area contributed by atoms with Crippen LogP contribution in [0.1, 0.15) is 65.7 Å². The van der Waals surface area contributed by atoms with E-state index in [0.29, 0.717) is 5.92 Å². The Kier molecular flexibility index (Phi) is 6.64. The maximum atomic E-state index is 12.1. The van der Waals surface area contributed by atoms with Gasteiger partial charge in [0.05, 0.1) is 5.75 Å². The minimum absolute atomic E-state index is 0.183. The molecule has 1 N–H and O–H groups in total. The van der Waals surface area contributed by atoms with E-state index in [1.807, 2.05) is 6.92 Å². The van der Waals surface area contributed by atoms with Crippen LogP contribution in [0.25, 0.3) is 0 Å². The van der Waals surface area contributed by atoms with Crippen LogP contribution in [0.15, 0.2) is 0 Å². The van der Waals surface area contributed by atoms with Crippen LogP contribution in [0.4, 0.5) is 0 Å². The van der Waals surface area contributed by atoms with Crippen molar-refractivity contribution < 1.29 is 8.42 Å². The highest BCUT2D eigenvalue weighted by atomic mass is 32.2. The molecule has 3 atom stereocenters. The van der Waals surface area contributed by atoms with Crippen LogP contribution in [0.5, 0.6) is 0 Å². The Hall–Kier alpha value is -0.0900. The van der Waals surface area contributed by atoms with E-state index in [9.17, 15) is 8.42 Å². The lowest BCUT2D eigenvalue weighted by Gasteiger charge is -2.31. The van der Waals surface area contributed by atoms with E-state index in [4.69, 9.17) is 0 Å². The SMILES string of the molecule is CCCC(C)CS(=O)(=O)NC1CCCCC1CC. The molecule has 0 heterocycles. The van der Waals surface area contributed by atoms with Crippen molar-refractivity contribution in [1.82, 2.24) is 4.72 Å². The number of rotatable bonds is 7. The average Bonchev–Trinajstić information content (AvgIpc) is 2.28. The molecule has 108 valence electrons. The normalized spacial score (nSPS) is 27.1. The molecule has 0 amide bonds. The maximum absolute atomic E-state index is 12.1. The Morgan fingerprint density at radius 1 is 1.22 bits per heavy atom. The van der Waals surface area contributed by atoms with E-state index >= 15 is 0 Å². The van der Waals surface area contributed by atoms with Gasteiger partial charge in [0, 0.05) is 6.04 Å². The zero-order chi connectivity index (χ0) is 13.6. The highest BCUT2D eigenvalue weighted by molar-refractivity contribution is 7.89. The predicted octanol–water partition coefficient (Wildman–Crippen LogP) is 3.31. The van der Waals surface area contributed by atoms with Gasteiger partial charge in [0.1, 0.15) is 0 Å². The quantitative estimate of drug-likeness (QED) is 0.775. The summed E-state index contributed by atoms with van der Waals surface area (Å²) in [6.45, 7) is 6.29. The molecule has 0 saturated heterocycles. The molecule has 1 aliphatic rings. The first-order chi connectivity index (χ1) is 8.48. The smallest absolute Gasteiger partial charge is 0.212 e. The minimum Gasteiger partial charge on any atom is -0.212 e. The van der Waals surface area contributed by atoms with Gasteiger partial charge in [0.15, 0.2) is 0 Å². The van der Waals surface area contributed by atoms with Crippen LogP contribution >= 0.6 is 0 Å². The van der Waals surface area contributed by atoms with E-state index in [2.05, 4.69) is 18.6 Å². The van der Waals surface area contributed by atoms with Gasteiger partial charge in [-0.05, 0) is 31.1 Å². The molecule has 1 saturated carbocycles. The lowest BCUT2D eigenvalue weighted by Crippen LogP contribution is -2.43. The molecule has 1 aliphatic carbocycles. The summed E-state index contributed by atoms with van der Waals surface area (Å²) >= 11 is 0. The van der Waals surface area contributed by atoms with Crippen LogP contribution < -0.4 is 4.72 Å². The second kappa shape index (κ2) is 7.49. The number of hydrogen-bond acceptors (Lipinski definition) is 2. The Balaban J connectivity index is 2.52. The van der Waals surface area contributed by atoms with Crippen molar-refractivity contribution in [2.24, 2.45) is 11.8 Å². The maximum Gasteiger partial charge on any atom is 0.212 e. The minimum atomic E-state index is -3.10. The van der Waals surface area contributed by atoms with Crippen molar-refractivity contribution >= 4 is 10.0 Å². The van der Waals surface area contributed by atoms with Gasteiger partial charge in [-0.25, -0.2) is 13.1 Å². The van der Waals surface area contributed by atoms with Gasteiger partial charge in [0.2, 0.25) is 10.0 Å². The van der Waals surface area contributed by atoms with Crippen molar-refractivity contribution in [3.05, 3.63) is 0 Å². The average molecular weight is 275 g/mol. The lowest BCUT2D eigenvalue weighted by molar-refractivity contribution is 0.282. The van der Waals surface area contributed by atoms with Crippen LogP contribution in [0.3, 0.4) is 0 Å². The third kappa shape index (κ3) is 5.27. The molecule has 0 aliphatic heterocycles. The van der Waals surface area contributed by atoms with Crippen LogP contribution in [0, 0.1) is 11.8 Å². The molecule has 4 heteroatoms. The van der Waals surface area contributed by atoms with Crippen molar-refractivity contribution in [3.63, 3.8) is 0 Å². The van der Waals surface area contributed by atoms with E-state index in [-0.39, 0.29) is 17.7 Å². The van der Waals surface area contributed by atoms with Gasteiger partial charge in [-0.3, -0.25) is 0 Å². The molecule has 0 radical (unpaired) electrons. The van der Waals surface area contributed by atoms with Gasteiger partial charge in [0.25, 0.3) is 0 Å². The molecule has 0 bridgehead atoms. The molecular formula is C14H29NO2S. The van der Waals surface area contributed by atoms with Gasteiger partial charge in [-0.15, -0.1) is 0 Å². The Morgan fingerprint density at radius 3 is 2.50 bits per heavy atom. The fraction of sp³-hybridized carbons (Fsp3) is 1.00. The zero-order valence-corrected chi connectivity index (χ0v) is 12.9. The molecule has 3 unspecified atom stereocenters. The molecule has 1 fully saturated rings. The van der Waals surface area contributed by atoms with E-state index in [1.54, 1.807) is 0 Å². The standard InChI is InChI=1S/C14H29NO2S/c1-4-8-12(3)11-18(16,17)15-14-10-7-6-9-13(14)5-2/h12-15H,4-11H2,1-3H3. The highest BCUT2D eigenvalue weighted by Crippen LogP contribution is 2.27. The zero-order valence-electron chi connectivity index (χ0n) is 12.1.